The van der Waals surface area contributed by atoms with E-state index in [0.29, 0.717) is 12.0 Å². The van der Waals surface area contributed by atoms with E-state index in [-0.39, 0.29) is 0 Å². The van der Waals surface area contributed by atoms with Crippen LogP contribution in [0.5, 0.6) is 0 Å². The lowest BCUT2D eigenvalue weighted by molar-refractivity contribution is 0.431. The molecule has 1 aliphatic rings. The molecule has 3 rings (SSSR count). The van der Waals surface area contributed by atoms with Crippen molar-refractivity contribution in [3.05, 3.63) is 65.0 Å². The van der Waals surface area contributed by atoms with Crippen molar-refractivity contribution in [1.29, 1.82) is 0 Å². The molecule has 0 radical (unpaired) electrons. The van der Waals surface area contributed by atoms with Gasteiger partial charge in [-0.15, -0.1) is 0 Å². The maximum absolute atomic E-state index is 4.16. The van der Waals surface area contributed by atoms with Crippen LogP contribution < -0.4 is 5.32 Å². The van der Waals surface area contributed by atoms with E-state index in [1.165, 1.54) is 35.1 Å². The molecule has 2 unspecified atom stereocenters. The summed E-state index contributed by atoms with van der Waals surface area (Å²) in [4.78, 5) is 4.16. The molecule has 1 heterocycles. The Kier molecular flexibility index (Phi) is 3.83. The first-order chi connectivity index (χ1) is 9.75. The zero-order valence-corrected chi connectivity index (χ0v) is 12.3. The van der Waals surface area contributed by atoms with E-state index in [4.69, 9.17) is 0 Å². The predicted molar refractivity (Wildman–Crippen MR) is 82.6 cm³/mol. The molecule has 104 valence electrons. The summed E-state index contributed by atoms with van der Waals surface area (Å²) in [7, 11) is 0. The van der Waals surface area contributed by atoms with E-state index in [0.717, 1.165) is 6.54 Å². The normalized spacial score (nSPS) is 21.5. The van der Waals surface area contributed by atoms with Crippen molar-refractivity contribution in [2.75, 3.05) is 0 Å². The Balaban J connectivity index is 1.76. The molecule has 2 atom stereocenters. The maximum atomic E-state index is 4.16. The first-order valence-corrected chi connectivity index (χ1v) is 7.47. The third kappa shape index (κ3) is 2.61. The van der Waals surface area contributed by atoms with Crippen molar-refractivity contribution in [3.63, 3.8) is 0 Å². The summed E-state index contributed by atoms with van der Waals surface area (Å²) >= 11 is 0. The Morgan fingerprint density at radius 1 is 1.15 bits per heavy atom. The van der Waals surface area contributed by atoms with Crippen molar-refractivity contribution < 1.29 is 0 Å². The van der Waals surface area contributed by atoms with Gasteiger partial charge in [0.1, 0.15) is 0 Å². The van der Waals surface area contributed by atoms with Crippen LogP contribution in [0.15, 0.2) is 42.7 Å². The summed E-state index contributed by atoms with van der Waals surface area (Å²) in [6.45, 7) is 5.38. The summed E-state index contributed by atoms with van der Waals surface area (Å²) in [6, 6.07) is 11.5. The Hall–Kier alpha value is -1.67. The molecular weight excluding hydrogens is 244 g/mol. The van der Waals surface area contributed by atoms with Crippen LogP contribution in [0.4, 0.5) is 0 Å². The van der Waals surface area contributed by atoms with Gasteiger partial charge in [-0.05, 0) is 54.0 Å². The molecular formula is C18H22N2. The zero-order chi connectivity index (χ0) is 13.9. The van der Waals surface area contributed by atoms with Crippen molar-refractivity contribution in [1.82, 2.24) is 10.3 Å². The van der Waals surface area contributed by atoms with Crippen LogP contribution in [0.3, 0.4) is 0 Å². The van der Waals surface area contributed by atoms with Crippen LogP contribution >= 0.6 is 0 Å². The number of hydrogen-bond donors (Lipinski definition) is 1. The molecule has 2 aromatic rings. The van der Waals surface area contributed by atoms with Gasteiger partial charge in [-0.25, -0.2) is 0 Å². The first kappa shape index (κ1) is 13.3. The Morgan fingerprint density at radius 3 is 2.75 bits per heavy atom. The number of fused-ring (bicyclic) bond motifs is 1. The third-order valence-corrected chi connectivity index (χ3v) is 4.47. The molecule has 20 heavy (non-hydrogen) atoms. The standard InChI is InChI=1S/C18H22N2/c1-13-7-8-18(17-6-4-3-5-16(13)17)20-12-15-9-10-19-11-14(15)2/h3-6,9-11,13,18,20H,7-8,12H2,1-2H3. The SMILES string of the molecule is Cc1cnccc1CNC1CCC(C)c2ccccc21. The molecule has 1 N–H and O–H groups in total. The molecule has 1 aromatic carbocycles. The fourth-order valence-corrected chi connectivity index (χ4v) is 3.15. The van der Waals surface area contributed by atoms with E-state index in [2.05, 4.69) is 54.5 Å². The summed E-state index contributed by atoms with van der Waals surface area (Å²) < 4.78 is 0. The van der Waals surface area contributed by atoms with Gasteiger partial charge in [-0.2, -0.15) is 0 Å². The predicted octanol–water partition coefficient (Wildman–Crippen LogP) is 4.12. The second kappa shape index (κ2) is 5.76. The van der Waals surface area contributed by atoms with E-state index in [1.54, 1.807) is 0 Å². The molecule has 2 nitrogen and oxygen atoms in total. The number of hydrogen-bond acceptors (Lipinski definition) is 2. The summed E-state index contributed by atoms with van der Waals surface area (Å²) in [6.07, 6.45) is 6.31. The molecule has 1 aliphatic carbocycles. The minimum Gasteiger partial charge on any atom is -0.306 e. The van der Waals surface area contributed by atoms with Gasteiger partial charge in [-0.1, -0.05) is 31.2 Å². The van der Waals surface area contributed by atoms with Crippen LogP contribution in [-0.4, -0.2) is 4.98 Å². The van der Waals surface area contributed by atoms with E-state index >= 15 is 0 Å². The van der Waals surface area contributed by atoms with Gasteiger partial charge in [0.05, 0.1) is 0 Å². The van der Waals surface area contributed by atoms with E-state index in [1.807, 2.05) is 12.4 Å². The highest BCUT2D eigenvalue weighted by Gasteiger charge is 2.23. The average Bonchev–Trinajstić information content (AvgIpc) is 2.48. The summed E-state index contributed by atoms with van der Waals surface area (Å²) in [5.74, 6) is 0.687. The van der Waals surface area contributed by atoms with Gasteiger partial charge >= 0.3 is 0 Å². The number of aromatic nitrogens is 1. The fraction of sp³-hybridized carbons (Fsp3) is 0.389. The number of benzene rings is 1. The largest absolute Gasteiger partial charge is 0.306 e. The number of nitrogens with one attached hydrogen (secondary N) is 1. The van der Waals surface area contributed by atoms with E-state index in [9.17, 15) is 0 Å². The number of aryl methyl sites for hydroxylation is 1. The summed E-state index contributed by atoms with van der Waals surface area (Å²) in [5.41, 5.74) is 5.61. The molecule has 2 heteroatoms. The smallest absolute Gasteiger partial charge is 0.0326 e. The fourth-order valence-electron chi connectivity index (χ4n) is 3.15. The summed E-state index contributed by atoms with van der Waals surface area (Å²) in [5, 5.41) is 3.73. The highest BCUT2D eigenvalue weighted by molar-refractivity contribution is 5.35. The highest BCUT2D eigenvalue weighted by atomic mass is 14.9. The van der Waals surface area contributed by atoms with Gasteiger partial charge in [0.2, 0.25) is 0 Å². The third-order valence-electron chi connectivity index (χ3n) is 4.47. The molecule has 0 aliphatic heterocycles. The van der Waals surface area contributed by atoms with Gasteiger partial charge in [0.25, 0.3) is 0 Å². The van der Waals surface area contributed by atoms with Gasteiger partial charge in [0.15, 0.2) is 0 Å². The lowest BCUT2D eigenvalue weighted by atomic mass is 9.81. The molecule has 0 amide bonds. The average molecular weight is 266 g/mol. The van der Waals surface area contributed by atoms with Crippen LogP contribution in [0, 0.1) is 6.92 Å². The molecule has 0 bridgehead atoms. The van der Waals surface area contributed by atoms with Gasteiger partial charge < -0.3 is 5.32 Å². The van der Waals surface area contributed by atoms with Crippen LogP contribution in [0.1, 0.15) is 54.0 Å². The molecule has 0 saturated carbocycles. The van der Waals surface area contributed by atoms with Gasteiger partial charge in [0, 0.05) is 25.0 Å². The minimum absolute atomic E-state index is 0.481. The van der Waals surface area contributed by atoms with Crippen molar-refractivity contribution >= 4 is 0 Å². The minimum atomic E-state index is 0.481. The quantitative estimate of drug-likeness (QED) is 0.904. The lowest BCUT2D eigenvalue weighted by Crippen LogP contribution is -2.26. The van der Waals surface area contributed by atoms with Crippen molar-refractivity contribution in [3.8, 4) is 0 Å². The Bertz CT molecular complexity index is 591. The molecule has 0 spiro atoms. The van der Waals surface area contributed by atoms with E-state index < -0.39 is 0 Å². The van der Waals surface area contributed by atoms with Crippen LogP contribution in [0.2, 0.25) is 0 Å². The first-order valence-electron chi connectivity index (χ1n) is 7.47. The second-order valence-corrected chi connectivity index (χ2v) is 5.84. The molecule has 0 saturated heterocycles. The second-order valence-electron chi connectivity index (χ2n) is 5.84. The number of nitrogens with zero attached hydrogens (tertiary/aromatic N) is 1. The molecule has 1 aromatic heterocycles. The highest BCUT2D eigenvalue weighted by Crippen LogP contribution is 2.37. The zero-order valence-electron chi connectivity index (χ0n) is 12.3. The maximum Gasteiger partial charge on any atom is 0.0326 e. The lowest BCUT2D eigenvalue weighted by Gasteiger charge is -2.30. The van der Waals surface area contributed by atoms with Crippen LogP contribution in [0.25, 0.3) is 0 Å². The Morgan fingerprint density at radius 2 is 1.95 bits per heavy atom. The van der Waals surface area contributed by atoms with Crippen molar-refractivity contribution in [2.24, 2.45) is 0 Å². The molecule has 0 fully saturated rings. The Labute approximate surface area is 121 Å². The number of rotatable bonds is 3. The topological polar surface area (TPSA) is 24.9 Å². The number of pyridine rings is 1. The monoisotopic (exact) mass is 266 g/mol. The van der Waals surface area contributed by atoms with Crippen molar-refractivity contribution in [2.45, 2.75) is 45.2 Å². The van der Waals surface area contributed by atoms with Crippen LogP contribution in [-0.2, 0) is 6.54 Å². The van der Waals surface area contributed by atoms with Gasteiger partial charge in [-0.3, -0.25) is 4.98 Å².